The number of hydrogen-bond donors (Lipinski definition) is 2. The SMILES string of the molecule is Cc1cc(-c2nc3cc(F)ccc3n2C(C)C)ccc1NC(=O)C1CCNC1. The molecule has 2 N–H and O–H groups in total. The highest BCUT2D eigenvalue weighted by Crippen LogP contribution is 2.31. The zero-order valence-electron chi connectivity index (χ0n) is 16.4. The van der Waals surface area contributed by atoms with E-state index in [1.165, 1.54) is 12.1 Å². The zero-order chi connectivity index (χ0) is 19.8. The fourth-order valence-corrected chi connectivity index (χ4v) is 3.85. The third-order valence-electron chi connectivity index (χ3n) is 5.34. The van der Waals surface area contributed by atoms with E-state index in [1.807, 2.05) is 25.1 Å². The van der Waals surface area contributed by atoms with Gasteiger partial charge in [-0.05, 0) is 69.6 Å². The summed E-state index contributed by atoms with van der Waals surface area (Å²) in [6.07, 6.45) is 0.873. The van der Waals surface area contributed by atoms with E-state index in [2.05, 4.69) is 34.0 Å². The van der Waals surface area contributed by atoms with Crippen LogP contribution in [-0.2, 0) is 4.79 Å². The number of amides is 1. The van der Waals surface area contributed by atoms with Gasteiger partial charge < -0.3 is 15.2 Å². The normalized spacial score (nSPS) is 16.8. The van der Waals surface area contributed by atoms with Crippen LogP contribution in [0.15, 0.2) is 36.4 Å². The topological polar surface area (TPSA) is 59.0 Å². The van der Waals surface area contributed by atoms with Gasteiger partial charge in [0, 0.05) is 29.9 Å². The molecule has 146 valence electrons. The second-order valence-corrected chi connectivity index (χ2v) is 7.74. The molecule has 6 heteroatoms. The lowest BCUT2D eigenvalue weighted by Gasteiger charge is -2.15. The van der Waals surface area contributed by atoms with Crippen LogP contribution in [-0.4, -0.2) is 28.5 Å². The number of rotatable bonds is 4. The molecule has 1 fully saturated rings. The predicted octanol–water partition coefficient (Wildman–Crippen LogP) is 4.28. The van der Waals surface area contributed by atoms with Gasteiger partial charge in [-0.25, -0.2) is 9.37 Å². The number of aromatic nitrogens is 2. The molecule has 3 aromatic rings. The highest BCUT2D eigenvalue weighted by molar-refractivity contribution is 5.94. The fraction of sp³-hybridized carbons (Fsp3) is 0.364. The summed E-state index contributed by atoms with van der Waals surface area (Å²) in [5.41, 5.74) is 4.30. The van der Waals surface area contributed by atoms with Crippen LogP contribution in [0, 0.1) is 18.7 Å². The van der Waals surface area contributed by atoms with Crippen LogP contribution in [0.4, 0.5) is 10.1 Å². The molecule has 2 aromatic carbocycles. The van der Waals surface area contributed by atoms with E-state index in [0.29, 0.717) is 5.52 Å². The number of halogens is 1. The van der Waals surface area contributed by atoms with E-state index in [0.717, 1.165) is 47.7 Å². The monoisotopic (exact) mass is 380 g/mol. The largest absolute Gasteiger partial charge is 0.326 e. The number of nitrogens with one attached hydrogen (secondary N) is 2. The van der Waals surface area contributed by atoms with Gasteiger partial charge >= 0.3 is 0 Å². The Balaban J connectivity index is 1.69. The Hall–Kier alpha value is -2.73. The van der Waals surface area contributed by atoms with Crippen LogP contribution in [0.1, 0.15) is 31.9 Å². The van der Waals surface area contributed by atoms with Crippen molar-refractivity contribution in [2.24, 2.45) is 5.92 Å². The lowest BCUT2D eigenvalue weighted by Crippen LogP contribution is -2.24. The first kappa shape index (κ1) is 18.6. The molecule has 28 heavy (non-hydrogen) atoms. The molecule has 1 amide bonds. The van der Waals surface area contributed by atoms with Crippen LogP contribution in [0.25, 0.3) is 22.4 Å². The van der Waals surface area contributed by atoms with E-state index < -0.39 is 0 Å². The molecule has 1 aromatic heterocycles. The second-order valence-electron chi connectivity index (χ2n) is 7.74. The summed E-state index contributed by atoms with van der Waals surface area (Å²) >= 11 is 0. The first-order valence-electron chi connectivity index (χ1n) is 9.74. The fourth-order valence-electron chi connectivity index (χ4n) is 3.85. The van der Waals surface area contributed by atoms with E-state index in [9.17, 15) is 9.18 Å². The molecule has 1 aliphatic heterocycles. The molecule has 1 atom stereocenters. The molecule has 0 radical (unpaired) electrons. The van der Waals surface area contributed by atoms with Crippen LogP contribution in [0.2, 0.25) is 0 Å². The van der Waals surface area contributed by atoms with Gasteiger partial charge in [0.05, 0.1) is 17.0 Å². The van der Waals surface area contributed by atoms with Crippen molar-refractivity contribution < 1.29 is 9.18 Å². The summed E-state index contributed by atoms with van der Waals surface area (Å²) in [4.78, 5) is 17.1. The number of nitrogens with zero attached hydrogens (tertiary/aromatic N) is 2. The van der Waals surface area contributed by atoms with Gasteiger partial charge in [0.2, 0.25) is 5.91 Å². The molecule has 4 rings (SSSR count). The van der Waals surface area contributed by atoms with Gasteiger partial charge in [-0.1, -0.05) is 0 Å². The number of benzene rings is 2. The van der Waals surface area contributed by atoms with Gasteiger partial charge in [-0.15, -0.1) is 0 Å². The maximum atomic E-state index is 13.7. The van der Waals surface area contributed by atoms with Crippen molar-refractivity contribution in [2.45, 2.75) is 33.2 Å². The minimum absolute atomic E-state index is 0.0270. The molecule has 0 aliphatic carbocycles. The van der Waals surface area contributed by atoms with Gasteiger partial charge in [0.15, 0.2) is 0 Å². The molecule has 5 nitrogen and oxygen atoms in total. The number of carbonyl (C=O) groups excluding carboxylic acids is 1. The van der Waals surface area contributed by atoms with E-state index in [-0.39, 0.29) is 23.7 Å². The third-order valence-corrected chi connectivity index (χ3v) is 5.34. The lowest BCUT2D eigenvalue weighted by molar-refractivity contribution is -0.119. The summed E-state index contributed by atoms with van der Waals surface area (Å²) in [6.45, 7) is 7.78. The van der Waals surface area contributed by atoms with Crippen molar-refractivity contribution >= 4 is 22.6 Å². The Morgan fingerprint density at radius 3 is 2.79 bits per heavy atom. The van der Waals surface area contributed by atoms with Crippen molar-refractivity contribution in [2.75, 3.05) is 18.4 Å². The summed E-state index contributed by atoms with van der Waals surface area (Å²) in [7, 11) is 0. The maximum absolute atomic E-state index is 13.7. The number of anilines is 1. The van der Waals surface area contributed by atoms with Crippen molar-refractivity contribution in [3.05, 3.63) is 47.8 Å². The molecule has 1 saturated heterocycles. The Kier molecular flexibility index (Phi) is 4.89. The quantitative estimate of drug-likeness (QED) is 0.710. The molecular weight excluding hydrogens is 355 g/mol. The first-order chi connectivity index (χ1) is 13.4. The van der Waals surface area contributed by atoms with Crippen molar-refractivity contribution in [3.8, 4) is 11.4 Å². The molecule has 1 aliphatic rings. The number of fused-ring (bicyclic) bond motifs is 1. The number of aryl methyl sites for hydroxylation is 1. The zero-order valence-corrected chi connectivity index (χ0v) is 16.4. The van der Waals surface area contributed by atoms with Crippen LogP contribution < -0.4 is 10.6 Å². The molecule has 2 heterocycles. The predicted molar refractivity (Wildman–Crippen MR) is 110 cm³/mol. The first-order valence-corrected chi connectivity index (χ1v) is 9.74. The Bertz CT molecular complexity index is 1030. The Labute approximate surface area is 164 Å². The number of hydrogen-bond acceptors (Lipinski definition) is 3. The molecule has 0 saturated carbocycles. The standard InChI is InChI=1S/C22H25FN4O/c1-13(2)27-20-7-5-17(23)11-19(20)25-21(27)15-4-6-18(14(3)10-15)26-22(28)16-8-9-24-12-16/h4-7,10-11,13,16,24H,8-9,12H2,1-3H3,(H,26,28). The van der Waals surface area contributed by atoms with Crippen LogP contribution >= 0.6 is 0 Å². The van der Waals surface area contributed by atoms with E-state index in [1.54, 1.807) is 6.07 Å². The van der Waals surface area contributed by atoms with E-state index >= 15 is 0 Å². The van der Waals surface area contributed by atoms with Crippen LogP contribution in [0.5, 0.6) is 0 Å². The van der Waals surface area contributed by atoms with Crippen molar-refractivity contribution in [1.82, 2.24) is 14.9 Å². The average molecular weight is 380 g/mol. The molecule has 0 bridgehead atoms. The van der Waals surface area contributed by atoms with Gasteiger partial charge in [0.25, 0.3) is 0 Å². The third kappa shape index (κ3) is 3.40. The molecule has 0 spiro atoms. The summed E-state index contributed by atoms with van der Waals surface area (Å²) in [6, 6.07) is 10.8. The Morgan fingerprint density at radius 1 is 1.29 bits per heavy atom. The summed E-state index contributed by atoms with van der Waals surface area (Å²) in [5.74, 6) is 0.601. The highest BCUT2D eigenvalue weighted by Gasteiger charge is 2.23. The summed E-state index contributed by atoms with van der Waals surface area (Å²) in [5, 5.41) is 6.27. The van der Waals surface area contributed by atoms with Gasteiger partial charge in [-0.2, -0.15) is 0 Å². The maximum Gasteiger partial charge on any atom is 0.228 e. The summed E-state index contributed by atoms with van der Waals surface area (Å²) < 4.78 is 15.8. The minimum atomic E-state index is -0.289. The highest BCUT2D eigenvalue weighted by atomic mass is 19.1. The average Bonchev–Trinajstić information content (AvgIpc) is 3.30. The van der Waals surface area contributed by atoms with E-state index in [4.69, 9.17) is 0 Å². The number of imidazole rings is 1. The molecule has 1 unspecified atom stereocenters. The Morgan fingerprint density at radius 2 is 2.11 bits per heavy atom. The number of carbonyl (C=O) groups is 1. The van der Waals surface area contributed by atoms with Gasteiger partial charge in [-0.3, -0.25) is 4.79 Å². The molecular formula is C22H25FN4O. The second kappa shape index (κ2) is 7.36. The minimum Gasteiger partial charge on any atom is -0.326 e. The van der Waals surface area contributed by atoms with Crippen molar-refractivity contribution in [3.63, 3.8) is 0 Å². The van der Waals surface area contributed by atoms with Crippen LogP contribution in [0.3, 0.4) is 0 Å². The smallest absolute Gasteiger partial charge is 0.228 e. The van der Waals surface area contributed by atoms with Crippen molar-refractivity contribution in [1.29, 1.82) is 0 Å². The van der Waals surface area contributed by atoms with Gasteiger partial charge in [0.1, 0.15) is 11.6 Å². The lowest BCUT2D eigenvalue weighted by atomic mass is 10.1.